The lowest BCUT2D eigenvalue weighted by Gasteiger charge is -2.04. The van der Waals surface area contributed by atoms with E-state index in [-0.39, 0.29) is 4.90 Å². The first-order valence-corrected chi connectivity index (χ1v) is 8.54. The molecule has 0 unspecified atom stereocenters. The Hall–Kier alpha value is -0.570. The summed E-state index contributed by atoms with van der Waals surface area (Å²) in [6.07, 6.45) is 3.67. The Morgan fingerprint density at radius 2 is 2.33 bits per heavy atom. The second-order valence-electron chi connectivity index (χ2n) is 3.68. The SMILES string of the molecule is CCSCCCNS(=O)(=O)c1cnn(CCN)c1. The van der Waals surface area contributed by atoms with E-state index in [1.54, 1.807) is 11.8 Å². The van der Waals surface area contributed by atoms with E-state index in [9.17, 15) is 8.42 Å². The zero-order valence-corrected chi connectivity index (χ0v) is 12.1. The van der Waals surface area contributed by atoms with Gasteiger partial charge in [0.1, 0.15) is 4.90 Å². The molecule has 0 bridgehead atoms. The van der Waals surface area contributed by atoms with Gasteiger partial charge in [0.25, 0.3) is 0 Å². The molecule has 104 valence electrons. The van der Waals surface area contributed by atoms with Crippen LogP contribution in [-0.4, -0.2) is 42.8 Å². The molecular weight excluding hydrogens is 272 g/mol. The van der Waals surface area contributed by atoms with Crippen molar-refractivity contribution in [3.63, 3.8) is 0 Å². The van der Waals surface area contributed by atoms with E-state index < -0.39 is 10.0 Å². The fraction of sp³-hybridized carbons (Fsp3) is 0.700. The molecule has 0 aliphatic carbocycles. The monoisotopic (exact) mass is 292 g/mol. The minimum absolute atomic E-state index is 0.194. The minimum Gasteiger partial charge on any atom is -0.329 e. The maximum absolute atomic E-state index is 11.9. The predicted molar refractivity (Wildman–Crippen MR) is 74.1 cm³/mol. The molecule has 18 heavy (non-hydrogen) atoms. The molecule has 0 radical (unpaired) electrons. The lowest BCUT2D eigenvalue weighted by molar-refractivity contribution is 0.580. The maximum Gasteiger partial charge on any atom is 0.243 e. The summed E-state index contributed by atoms with van der Waals surface area (Å²) in [7, 11) is -3.43. The third-order valence-corrected chi connectivity index (χ3v) is 4.64. The van der Waals surface area contributed by atoms with Crippen molar-refractivity contribution in [2.45, 2.75) is 24.8 Å². The van der Waals surface area contributed by atoms with Crippen LogP contribution >= 0.6 is 11.8 Å². The van der Waals surface area contributed by atoms with Crippen molar-refractivity contribution in [2.24, 2.45) is 5.73 Å². The van der Waals surface area contributed by atoms with Gasteiger partial charge in [0.05, 0.1) is 12.7 Å². The molecule has 0 saturated carbocycles. The third kappa shape index (κ3) is 4.97. The van der Waals surface area contributed by atoms with Gasteiger partial charge in [0.15, 0.2) is 0 Å². The van der Waals surface area contributed by atoms with Crippen LogP contribution in [0.3, 0.4) is 0 Å². The Kier molecular flexibility index (Phi) is 6.69. The number of nitrogens with zero attached hydrogens (tertiary/aromatic N) is 2. The van der Waals surface area contributed by atoms with E-state index >= 15 is 0 Å². The first-order chi connectivity index (χ1) is 8.60. The average Bonchev–Trinajstić information content (AvgIpc) is 2.79. The summed E-state index contributed by atoms with van der Waals surface area (Å²) < 4.78 is 27.9. The number of rotatable bonds is 9. The lowest BCUT2D eigenvalue weighted by atomic mass is 10.5. The highest BCUT2D eigenvalue weighted by atomic mass is 32.2. The molecule has 1 aromatic heterocycles. The number of nitrogens with one attached hydrogen (secondary N) is 1. The fourth-order valence-electron chi connectivity index (χ4n) is 1.35. The summed E-state index contributed by atoms with van der Waals surface area (Å²) >= 11 is 1.80. The lowest BCUT2D eigenvalue weighted by Crippen LogP contribution is -2.24. The predicted octanol–water partition coefficient (Wildman–Crippen LogP) is 0.263. The van der Waals surface area contributed by atoms with Crippen molar-refractivity contribution >= 4 is 21.8 Å². The molecule has 1 heterocycles. The van der Waals surface area contributed by atoms with Crippen LogP contribution in [0, 0.1) is 0 Å². The van der Waals surface area contributed by atoms with Crippen molar-refractivity contribution in [2.75, 3.05) is 24.6 Å². The molecule has 0 atom stereocenters. The second kappa shape index (κ2) is 7.78. The Bertz CT molecular complexity index is 444. The van der Waals surface area contributed by atoms with Crippen LogP contribution in [-0.2, 0) is 16.6 Å². The molecule has 6 nitrogen and oxygen atoms in total. The van der Waals surface area contributed by atoms with E-state index in [1.807, 2.05) is 0 Å². The van der Waals surface area contributed by atoms with Crippen LogP contribution in [0.15, 0.2) is 17.3 Å². The number of nitrogens with two attached hydrogens (primary N) is 1. The number of aromatic nitrogens is 2. The molecule has 0 aromatic carbocycles. The normalized spacial score (nSPS) is 11.9. The summed E-state index contributed by atoms with van der Waals surface area (Å²) in [4.78, 5) is 0.194. The van der Waals surface area contributed by atoms with Gasteiger partial charge in [-0.15, -0.1) is 0 Å². The summed E-state index contributed by atoms with van der Waals surface area (Å²) in [5.74, 6) is 2.02. The van der Waals surface area contributed by atoms with Gasteiger partial charge in [-0.1, -0.05) is 6.92 Å². The molecule has 0 aliphatic heterocycles. The van der Waals surface area contributed by atoms with Gasteiger partial charge in [-0.05, 0) is 17.9 Å². The zero-order valence-electron chi connectivity index (χ0n) is 10.5. The highest BCUT2D eigenvalue weighted by Crippen LogP contribution is 2.07. The van der Waals surface area contributed by atoms with Gasteiger partial charge in [-0.2, -0.15) is 16.9 Å². The quantitative estimate of drug-likeness (QED) is 0.637. The zero-order chi connectivity index (χ0) is 13.4. The van der Waals surface area contributed by atoms with E-state index in [4.69, 9.17) is 5.73 Å². The number of hydrogen-bond acceptors (Lipinski definition) is 5. The number of sulfonamides is 1. The first kappa shape index (κ1) is 15.5. The molecule has 0 saturated heterocycles. The van der Waals surface area contributed by atoms with Crippen molar-refractivity contribution in [3.05, 3.63) is 12.4 Å². The highest BCUT2D eigenvalue weighted by molar-refractivity contribution is 7.99. The van der Waals surface area contributed by atoms with Crippen molar-refractivity contribution in [3.8, 4) is 0 Å². The van der Waals surface area contributed by atoms with Crippen molar-refractivity contribution in [1.29, 1.82) is 0 Å². The molecule has 0 amide bonds. The fourth-order valence-corrected chi connectivity index (χ4v) is 3.01. The molecule has 0 spiro atoms. The molecule has 1 aromatic rings. The Morgan fingerprint density at radius 3 is 3.00 bits per heavy atom. The van der Waals surface area contributed by atoms with E-state index in [0.717, 1.165) is 17.9 Å². The topological polar surface area (TPSA) is 90.0 Å². The van der Waals surface area contributed by atoms with Gasteiger partial charge < -0.3 is 5.73 Å². The van der Waals surface area contributed by atoms with Crippen LogP contribution < -0.4 is 10.5 Å². The number of thioether (sulfide) groups is 1. The highest BCUT2D eigenvalue weighted by Gasteiger charge is 2.15. The van der Waals surface area contributed by atoms with Crippen LogP contribution in [0.4, 0.5) is 0 Å². The first-order valence-electron chi connectivity index (χ1n) is 5.90. The van der Waals surface area contributed by atoms with Gasteiger partial charge in [-0.25, -0.2) is 13.1 Å². The molecule has 8 heteroatoms. The molecule has 3 N–H and O–H groups in total. The van der Waals surface area contributed by atoms with Crippen molar-refractivity contribution < 1.29 is 8.42 Å². The molecule has 1 rings (SSSR count). The van der Waals surface area contributed by atoms with Crippen LogP contribution in [0.1, 0.15) is 13.3 Å². The third-order valence-electron chi connectivity index (χ3n) is 2.24. The Balaban J connectivity index is 2.46. The standard InChI is InChI=1S/C10H20N4O2S2/c1-2-17-7-3-5-13-18(15,16)10-8-12-14(9-10)6-4-11/h8-9,13H,2-7,11H2,1H3. The maximum atomic E-state index is 11.9. The number of hydrogen-bond donors (Lipinski definition) is 2. The smallest absolute Gasteiger partial charge is 0.243 e. The minimum atomic E-state index is -3.43. The van der Waals surface area contributed by atoms with Crippen LogP contribution in [0.5, 0.6) is 0 Å². The molecular formula is C10H20N4O2S2. The van der Waals surface area contributed by atoms with Gasteiger partial charge in [0.2, 0.25) is 10.0 Å². The van der Waals surface area contributed by atoms with E-state index in [1.165, 1.54) is 17.1 Å². The van der Waals surface area contributed by atoms with Crippen molar-refractivity contribution in [1.82, 2.24) is 14.5 Å². The Morgan fingerprint density at radius 1 is 1.56 bits per heavy atom. The van der Waals surface area contributed by atoms with Gasteiger partial charge in [-0.3, -0.25) is 4.68 Å². The molecule has 0 aliphatic rings. The van der Waals surface area contributed by atoms with E-state index in [0.29, 0.717) is 19.6 Å². The van der Waals surface area contributed by atoms with Gasteiger partial charge in [0, 0.05) is 19.3 Å². The van der Waals surface area contributed by atoms with Gasteiger partial charge >= 0.3 is 0 Å². The summed E-state index contributed by atoms with van der Waals surface area (Å²) in [5.41, 5.74) is 5.38. The van der Waals surface area contributed by atoms with Crippen LogP contribution in [0.2, 0.25) is 0 Å². The van der Waals surface area contributed by atoms with E-state index in [2.05, 4.69) is 16.7 Å². The summed E-state index contributed by atoms with van der Waals surface area (Å²) in [6, 6.07) is 0. The summed E-state index contributed by atoms with van der Waals surface area (Å²) in [6.45, 7) is 3.49. The summed E-state index contributed by atoms with van der Waals surface area (Å²) in [5, 5.41) is 3.94. The second-order valence-corrected chi connectivity index (χ2v) is 6.84. The average molecular weight is 292 g/mol. The Labute approximate surface area is 112 Å². The van der Waals surface area contributed by atoms with Crippen LogP contribution in [0.25, 0.3) is 0 Å². The molecule has 0 fully saturated rings. The largest absolute Gasteiger partial charge is 0.329 e.